The van der Waals surface area contributed by atoms with Crippen LogP contribution in [0.25, 0.3) is 16.2 Å². The van der Waals surface area contributed by atoms with Gasteiger partial charge in [-0.2, -0.15) is 5.10 Å². The van der Waals surface area contributed by atoms with Crippen molar-refractivity contribution in [2.24, 2.45) is 5.73 Å². The molecule has 0 atom stereocenters. The number of aryl methyl sites for hydroxylation is 1. The van der Waals surface area contributed by atoms with Crippen molar-refractivity contribution in [2.45, 2.75) is 13.3 Å². The Morgan fingerprint density at radius 1 is 1.37 bits per heavy atom. The second kappa shape index (κ2) is 5.03. The normalized spacial score (nSPS) is 11.3. The minimum atomic E-state index is 0.583. The molecule has 3 aromatic rings. The summed E-state index contributed by atoms with van der Waals surface area (Å²) in [5.74, 6) is 0. The summed E-state index contributed by atoms with van der Waals surface area (Å²) >= 11 is 5.26. The lowest BCUT2D eigenvalue weighted by atomic mass is 10.2. The molecule has 0 aromatic carbocycles. The molecule has 98 valence electrons. The van der Waals surface area contributed by atoms with Crippen LogP contribution in [0.3, 0.4) is 0 Å². The van der Waals surface area contributed by atoms with E-state index in [1.165, 1.54) is 10.4 Å². The number of fused-ring (bicyclic) bond motifs is 1. The van der Waals surface area contributed by atoms with Crippen LogP contribution in [0.15, 0.2) is 28.2 Å². The molecule has 6 heteroatoms. The highest BCUT2D eigenvalue weighted by atomic mass is 79.9. The monoisotopic (exact) mass is 336 g/mol. The number of nitrogens with zero attached hydrogens (tertiary/aromatic N) is 3. The Hall–Kier alpha value is -1.24. The van der Waals surface area contributed by atoms with Crippen LogP contribution in [0.2, 0.25) is 0 Å². The topological polar surface area (TPSA) is 56.2 Å². The van der Waals surface area contributed by atoms with Crippen molar-refractivity contribution in [1.82, 2.24) is 14.6 Å². The van der Waals surface area contributed by atoms with E-state index >= 15 is 0 Å². The second-order valence-corrected chi connectivity index (χ2v) is 5.98. The largest absolute Gasteiger partial charge is 0.330 e. The summed E-state index contributed by atoms with van der Waals surface area (Å²) in [5.41, 5.74) is 9.60. The highest BCUT2D eigenvalue weighted by Gasteiger charge is 2.12. The van der Waals surface area contributed by atoms with Gasteiger partial charge in [0.15, 0.2) is 5.65 Å². The van der Waals surface area contributed by atoms with Crippen LogP contribution in [-0.2, 0) is 6.42 Å². The van der Waals surface area contributed by atoms with E-state index in [1.54, 1.807) is 11.3 Å². The maximum atomic E-state index is 5.59. The molecule has 0 radical (unpaired) electrons. The molecule has 0 saturated heterocycles. The SMILES string of the molecule is Cc1ccsc1-c1ccc2nc(CCN)c(Br)n2n1. The minimum absolute atomic E-state index is 0.583. The van der Waals surface area contributed by atoms with Gasteiger partial charge in [-0.3, -0.25) is 0 Å². The lowest BCUT2D eigenvalue weighted by molar-refractivity contribution is 0.895. The van der Waals surface area contributed by atoms with Gasteiger partial charge in [0.1, 0.15) is 10.3 Å². The first-order valence-electron chi connectivity index (χ1n) is 5.99. The van der Waals surface area contributed by atoms with Crippen molar-refractivity contribution in [2.75, 3.05) is 6.54 Å². The van der Waals surface area contributed by atoms with Crippen molar-refractivity contribution in [3.8, 4) is 10.6 Å². The molecule has 3 heterocycles. The lowest BCUT2D eigenvalue weighted by Gasteiger charge is -2.01. The van der Waals surface area contributed by atoms with E-state index in [0.717, 1.165) is 28.1 Å². The summed E-state index contributed by atoms with van der Waals surface area (Å²) in [4.78, 5) is 5.72. The summed E-state index contributed by atoms with van der Waals surface area (Å²) in [7, 11) is 0. The summed E-state index contributed by atoms with van der Waals surface area (Å²) in [6, 6.07) is 6.11. The van der Waals surface area contributed by atoms with Gasteiger partial charge in [-0.05, 0) is 58.5 Å². The molecule has 0 bridgehead atoms. The van der Waals surface area contributed by atoms with Gasteiger partial charge in [0.2, 0.25) is 0 Å². The fraction of sp³-hybridized carbons (Fsp3) is 0.231. The van der Waals surface area contributed by atoms with Gasteiger partial charge < -0.3 is 5.73 Å². The number of halogens is 1. The van der Waals surface area contributed by atoms with Crippen LogP contribution in [-0.4, -0.2) is 21.1 Å². The quantitative estimate of drug-likeness (QED) is 0.799. The molecule has 0 unspecified atom stereocenters. The first kappa shape index (κ1) is 12.8. The highest BCUT2D eigenvalue weighted by Crippen LogP contribution is 2.28. The molecule has 3 rings (SSSR count). The standard InChI is InChI=1S/C13H13BrN4S/c1-8-5-7-19-12(8)9-2-3-11-16-10(4-6-15)13(14)18(11)17-9/h2-3,5,7H,4,6,15H2,1H3. The van der Waals surface area contributed by atoms with E-state index < -0.39 is 0 Å². The van der Waals surface area contributed by atoms with Crippen molar-refractivity contribution in [3.63, 3.8) is 0 Å². The maximum Gasteiger partial charge on any atom is 0.155 e. The van der Waals surface area contributed by atoms with Crippen LogP contribution >= 0.6 is 27.3 Å². The minimum Gasteiger partial charge on any atom is -0.330 e. The van der Waals surface area contributed by atoms with Gasteiger partial charge in [0, 0.05) is 6.42 Å². The molecule has 4 nitrogen and oxygen atoms in total. The van der Waals surface area contributed by atoms with Gasteiger partial charge in [-0.15, -0.1) is 11.3 Å². The summed E-state index contributed by atoms with van der Waals surface area (Å²) < 4.78 is 2.73. The Morgan fingerprint density at radius 3 is 2.89 bits per heavy atom. The first-order chi connectivity index (χ1) is 9.20. The van der Waals surface area contributed by atoms with Crippen LogP contribution in [0.5, 0.6) is 0 Å². The number of rotatable bonds is 3. The smallest absolute Gasteiger partial charge is 0.155 e. The molecule has 0 amide bonds. The molecule has 0 aliphatic rings. The fourth-order valence-electron chi connectivity index (χ4n) is 2.00. The van der Waals surface area contributed by atoms with Crippen LogP contribution in [0.1, 0.15) is 11.3 Å². The van der Waals surface area contributed by atoms with Gasteiger partial charge in [0.05, 0.1) is 10.6 Å². The molecule has 0 saturated carbocycles. The van der Waals surface area contributed by atoms with E-state index in [4.69, 9.17) is 5.73 Å². The van der Waals surface area contributed by atoms with Gasteiger partial charge in [-0.1, -0.05) is 0 Å². The van der Waals surface area contributed by atoms with Crippen molar-refractivity contribution >= 4 is 32.9 Å². The van der Waals surface area contributed by atoms with Crippen molar-refractivity contribution in [1.29, 1.82) is 0 Å². The average Bonchev–Trinajstić information content (AvgIpc) is 2.95. The molecule has 19 heavy (non-hydrogen) atoms. The van der Waals surface area contributed by atoms with Crippen LogP contribution < -0.4 is 5.73 Å². The van der Waals surface area contributed by atoms with Gasteiger partial charge >= 0.3 is 0 Å². The van der Waals surface area contributed by atoms with E-state index in [0.29, 0.717) is 6.54 Å². The van der Waals surface area contributed by atoms with E-state index in [2.05, 4.69) is 44.4 Å². The third-order valence-electron chi connectivity index (χ3n) is 2.96. The van der Waals surface area contributed by atoms with Gasteiger partial charge in [0.25, 0.3) is 0 Å². The summed E-state index contributed by atoms with van der Waals surface area (Å²) in [6.45, 7) is 2.68. The van der Waals surface area contributed by atoms with Crippen molar-refractivity contribution < 1.29 is 0 Å². The molecule has 0 fully saturated rings. The van der Waals surface area contributed by atoms with E-state index in [-0.39, 0.29) is 0 Å². The number of thiophene rings is 1. The summed E-state index contributed by atoms with van der Waals surface area (Å²) in [5, 5.41) is 6.74. The predicted octanol–water partition coefficient (Wildman–Crippen LogP) is 3.03. The second-order valence-electron chi connectivity index (χ2n) is 4.31. The maximum absolute atomic E-state index is 5.59. The average molecular weight is 337 g/mol. The molecule has 0 spiro atoms. The Kier molecular flexibility index (Phi) is 3.38. The van der Waals surface area contributed by atoms with Gasteiger partial charge in [-0.25, -0.2) is 9.50 Å². The Morgan fingerprint density at radius 2 is 2.21 bits per heavy atom. The van der Waals surface area contributed by atoms with Crippen LogP contribution in [0.4, 0.5) is 0 Å². The molecule has 0 aliphatic heterocycles. The first-order valence-corrected chi connectivity index (χ1v) is 7.66. The third-order valence-corrected chi connectivity index (χ3v) is 4.80. The fourth-order valence-corrected chi connectivity index (χ4v) is 3.44. The predicted molar refractivity (Wildman–Crippen MR) is 81.5 cm³/mol. The molecule has 0 aliphatic carbocycles. The lowest BCUT2D eigenvalue weighted by Crippen LogP contribution is -2.03. The number of hydrogen-bond acceptors (Lipinski definition) is 4. The van der Waals surface area contributed by atoms with E-state index in [9.17, 15) is 0 Å². The number of imidazole rings is 1. The van der Waals surface area contributed by atoms with Crippen LogP contribution in [0, 0.1) is 6.92 Å². The molecular weight excluding hydrogens is 324 g/mol. The summed E-state index contributed by atoms with van der Waals surface area (Å²) in [6.07, 6.45) is 0.747. The zero-order valence-corrected chi connectivity index (χ0v) is 12.8. The number of aromatic nitrogens is 3. The number of nitrogens with two attached hydrogens (primary N) is 1. The molecule has 2 N–H and O–H groups in total. The zero-order chi connectivity index (χ0) is 13.4. The Balaban J connectivity index is 2.15. The van der Waals surface area contributed by atoms with Crippen molar-refractivity contribution in [3.05, 3.63) is 39.4 Å². The Bertz CT molecular complexity index is 731. The Labute approximate surface area is 123 Å². The number of hydrogen-bond donors (Lipinski definition) is 1. The molecule has 3 aromatic heterocycles. The molecular formula is C13H13BrN4S. The van der Waals surface area contributed by atoms with E-state index in [1.807, 2.05) is 16.6 Å². The third kappa shape index (κ3) is 2.20. The zero-order valence-electron chi connectivity index (χ0n) is 10.4. The highest BCUT2D eigenvalue weighted by molar-refractivity contribution is 9.10.